The summed E-state index contributed by atoms with van der Waals surface area (Å²) in [5, 5.41) is 0. The Labute approximate surface area is 240 Å². The molecule has 40 heavy (non-hydrogen) atoms. The van der Waals surface area contributed by atoms with Gasteiger partial charge in [0.05, 0.1) is 5.56 Å². The lowest BCUT2D eigenvalue weighted by atomic mass is 9.72. The molecule has 0 saturated heterocycles. The number of ether oxygens (including phenoxy) is 2. The monoisotopic (exact) mass is 549 g/mol. The van der Waals surface area contributed by atoms with Gasteiger partial charge in [-0.05, 0) is 97.2 Å². The van der Waals surface area contributed by atoms with Crippen LogP contribution in [0.2, 0.25) is 0 Å². The van der Waals surface area contributed by atoms with Crippen molar-refractivity contribution >= 4 is 17.7 Å². The molecule has 0 radical (unpaired) electrons. The molecule has 1 aliphatic rings. The standard InChI is InChI=1S/C34H47NO5/c1-25-13-17-27(18-14-25)30(24-35(5)6)34(21-8-7-9-22-34)39-31(37)12-10-11-29(36)23-26-15-19-28(20-16-26)32(38)40-33(2,3)4/h13-20,30H,7-12,21-24H2,1-6H3. The van der Waals surface area contributed by atoms with Crippen LogP contribution in [-0.2, 0) is 25.5 Å². The first-order chi connectivity index (χ1) is 18.9. The average molecular weight is 550 g/mol. The Balaban J connectivity index is 1.56. The molecule has 1 atom stereocenters. The maximum atomic E-state index is 13.1. The van der Waals surface area contributed by atoms with E-state index in [1.807, 2.05) is 20.8 Å². The fourth-order valence-electron chi connectivity index (χ4n) is 5.53. The number of aryl methyl sites for hydroxylation is 1. The van der Waals surface area contributed by atoms with Crippen molar-refractivity contribution < 1.29 is 23.9 Å². The molecule has 0 aromatic heterocycles. The lowest BCUT2D eigenvalue weighted by molar-refractivity contribution is -0.167. The van der Waals surface area contributed by atoms with Gasteiger partial charge in [-0.25, -0.2) is 4.79 Å². The van der Waals surface area contributed by atoms with Gasteiger partial charge < -0.3 is 14.4 Å². The average Bonchev–Trinajstić information content (AvgIpc) is 2.87. The summed E-state index contributed by atoms with van der Waals surface area (Å²) >= 11 is 0. The predicted octanol–water partition coefficient (Wildman–Crippen LogP) is 6.82. The van der Waals surface area contributed by atoms with E-state index in [2.05, 4.69) is 50.2 Å². The molecule has 6 heteroatoms. The van der Waals surface area contributed by atoms with E-state index in [0.29, 0.717) is 18.4 Å². The van der Waals surface area contributed by atoms with Crippen molar-refractivity contribution in [2.75, 3.05) is 20.6 Å². The Morgan fingerprint density at radius 1 is 0.900 bits per heavy atom. The van der Waals surface area contributed by atoms with Crippen molar-refractivity contribution in [3.63, 3.8) is 0 Å². The molecule has 1 aliphatic carbocycles. The fourth-order valence-corrected chi connectivity index (χ4v) is 5.53. The highest BCUT2D eigenvalue weighted by Crippen LogP contribution is 2.43. The minimum absolute atomic E-state index is 0.0651. The Kier molecular flexibility index (Phi) is 11.1. The first-order valence-electron chi connectivity index (χ1n) is 14.6. The van der Waals surface area contributed by atoms with Gasteiger partial charge in [0, 0.05) is 31.7 Å². The lowest BCUT2D eigenvalue weighted by Crippen LogP contribution is -2.46. The Hall–Kier alpha value is -2.99. The van der Waals surface area contributed by atoms with Gasteiger partial charge in [0.15, 0.2) is 0 Å². The van der Waals surface area contributed by atoms with E-state index in [4.69, 9.17) is 9.47 Å². The van der Waals surface area contributed by atoms with Gasteiger partial charge >= 0.3 is 11.9 Å². The largest absolute Gasteiger partial charge is 0.458 e. The number of carbonyl (C=O) groups is 3. The topological polar surface area (TPSA) is 72.9 Å². The van der Waals surface area contributed by atoms with Crippen LogP contribution < -0.4 is 0 Å². The van der Waals surface area contributed by atoms with E-state index in [1.165, 1.54) is 11.1 Å². The zero-order chi connectivity index (χ0) is 29.3. The molecule has 1 saturated carbocycles. The number of hydrogen-bond donors (Lipinski definition) is 0. The van der Waals surface area contributed by atoms with E-state index in [1.54, 1.807) is 24.3 Å². The number of carbonyl (C=O) groups excluding carboxylic acids is 3. The first kappa shape index (κ1) is 31.5. The second kappa shape index (κ2) is 14.1. The Bertz CT molecular complexity index is 1120. The molecule has 0 spiro atoms. The summed E-state index contributed by atoms with van der Waals surface area (Å²) in [4.78, 5) is 40.2. The highest BCUT2D eigenvalue weighted by molar-refractivity contribution is 5.90. The fraction of sp³-hybridized carbons (Fsp3) is 0.559. The number of ketones is 1. The van der Waals surface area contributed by atoms with Gasteiger partial charge in [-0.15, -0.1) is 0 Å². The molecule has 0 heterocycles. The molecule has 1 unspecified atom stereocenters. The quantitative estimate of drug-likeness (QED) is 0.270. The van der Waals surface area contributed by atoms with Crippen LogP contribution in [-0.4, -0.2) is 54.5 Å². The lowest BCUT2D eigenvalue weighted by Gasteiger charge is -2.44. The number of nitrogens with zero attached hydrogens (tertiary/aromatic N) is 1. The maximum Gasteiger partial charge on any atom is 0.338 e. The highest BCUT2D eigenvalue weighted by Gasteiger charge is 2.44. The van der Waals surface area contributed by atoms with Gasteiger partial charge in [-0.2, -0.15) is 0 Å². The van der Waals surface area contributed by atoms with Crippen LogP contribution in [0.25, 0.3) is 0 Å². The summed E-state index contributed by atoms with van der Waals surface area (Å²) in [5.74, 6) is -0.435. The number of Topliss-reactive ketones (excluding diaryl/α,β-unsaturated/α-hetero) is 1. The molecule has 0 bridgehead atoms. The van der Waals surface area contributed by atoms with Crippen molar-refractivity contribution in [3.8, 4) is 0 Å². The van der Waals surface area contributed by atoms with Crippen molar-refractivity contribution in [1.82, 2.24) is 4.90 Å². The summed E-state index contributed by atoms with van der Waals surface area (Å²) in [6, 6.07) is 15.6. The minimum atomic E-state index is -0.558. The summed E-state index contributed by atoms with van der Waals surface area (Å²) in [6.45, 7) is 8.38. The molecular weight excluding hydrogens is 502 g/mol. The summed E-state index contributed by atoms with van der Waals surface area (Å²) in [5.41, 5.74) is 2.65. The number of rotatable bonds is 12. The molecule has 2 aromatic carbocycles. The van der Waals surface area contributed by atoms with E-state index in [0.717, 1.165) is 44.2 Å². The van der Waals surface area contributed by atoms with Gasteiger partial charge in [0.25, 0.3) is 0 Å². The molecule has 0 aliphatic heterocycles. The smallest absolute Gasteiger partial charge is 0.338 e. The highest BCUT2D eigenvalue weighted by atomic mass is 16.6. The molecule has 2 aromatic rings. The van der Waals surface area contributed by atoms with Crippen LogP contribution in [0, 0.1) is 6.92 Å². The van der Waals surface area contributed by atoms with Crippen LogP contribution in [0.15, 0.2) is 48.5 Å². The third-order valence-electron chi connectivity index (χ3n) is 7.51. The molecule has 218 valence electrons. The number of esters is 2. The molecule has 0 amide bonds. The summed E-state index contributed by atoms with van der Waals surface area (Å²) < 4.78 is 11.8. The Morgan fingerprint density at radius 2 is 1.52 bits per heavy atom. The zero-order valence-electron chi connectivity index (χ0n) is 25.3. The molecule has 1 fully saturated rings. The van der Waals surface area contributed by atoms with Crippen molar-refractivity contribution in [2.45, 2.75) is 103 Å². The van der Waals surface area contributed by atoms with Crippen LogP contribution in [0.5, 0.6) is 0 Å². The van der Waals surface area contributed by atoms with Gasteiger partial charge in [0.1, 0.15) is 17.0 Å². The van der Waals surface area contributed by atoms with Crippen molar-refractivity contribution in [2.24, 2.45) is 0 Å². The SMILES string of the molecule is Cc1ccc(C(CN(C)C)C2(OC(=O)CCCC(=O)Cc3ccc(C(=O)OC(C)(C)C)cc3)CCCCC2)cc1. The van der Waals surface area contributed by atoms with Crippen molar-refractivity contribution in [1.29, 1.82) is 0 Å². The number of benzene rings is 2. The predicted molar refractivity (Wildman–Crippen MR) is 159 cm³/mol. The van der Waals surface area contributed by atoms with Crippen LogP contribution in [0.3, 0.4) is 0 Å². The molecule has 6 nitrogen and oxygen atoms in total. The summed E-state index contributed by atoms with van der Waals surface area (Å²) in [6.07, 6.45) is 6.27. The first-order valence-corrected chi connectivity index (χ1v) is 14.6. The maximum absolute atomic E-state index is 13.1. The third kappa shape index (κ3) is 9.58. The number of hydrogen-bond acceptors (Lipinski definition) is 6. The summed E-state index contributed by atoms with van der Waals surface area (Å²) in [7, 11) is 4.13. The normalized spacial score (nSPS) is 15.9. The molecular formula is C34H47NO5. The van der Waals surface area contributed by atoms with Gasteiger partial charge in [-0.1, -0.05) is 48.4 Å². The van der Waals surface area contributed by atoms with Gasteiger partial charge in [0.2, 0.25) is 0 Å². The van der Waals surface area contributed by atoms with Crippen molar-refractivity contribution in [3.05, 3.63) is 70.8 Å². The van der Waals surface area contributed by atoms with E-state index >= 15 is 0 Å². The second-order valence-corrected chi connectivity index (χ2v) is 12.6. The van der Waals surface area contributed by atoms with Gasteiger partial charge in [-0.3, -0.25) is 9.59 Å². The second-order valence-electron chi connectivity index (χ2n) is 12.6. The van der Waals surface area contributed by atoms with Crippen LogP contribution >= 0.6 is 0 Å². The minimum Gasteiger partial charge on any atom is -0.458 e. The van der Waals surface area contributed by atoms with E-state index in [9.17, 15) is 14.4 Å². The van der Waals surface area contributed by atoms with E-state index in [-0.39, 0.29) is 36.5 Å². The van der Waals surface area contributed by atoms with Crippen LogP contribution in [0.1, 0.15) is 105 Å². The third-order valence-corrected chi connectivity index (χ3v) is 7.51. The molecule has 3 rings (SSSR count). The van der Waals surface area contributed by atoms with Crippen LogP contribution in [0.4, 0.5) is 0 Å². The Morgan fingerprint density at radius 3 is 2.10 bits per heavy atom. The number of likely N-dealkylation sites (N-methyl/N-ethyl adjacent to an activating group) is 1. The zero-order valence-corrected chi connectivity index (χ0v) is 25.3. The molecule has 0 N–H and O–H groups in total. The van der Waals surface area contributed by atoms with E-state index < -0.39 is 11.2 Å².